The highest BCUT2D eigenvalue weighted by Gasteiger charge is 2.01. The second-order valence-electron chi connectivity index (χ2n) is 2.25. The van der Waals surface area contributed by atoms with Crippen molar-refractivity contribution >= 4 is 12.0 Å². The minimum absolute atomic E-state index is 0.709. The zero-order valence-electron chi connectivity index (χ0n) is 6.50. The van der Waals surface area contributed by atoms with E-state index in [-0.39, 0.29) is 0 Å². The summed E-state index contributed by atoms with van der Waals surface area (Å²) >= 11 is 0.709. The zero-order chi connectivity index (χ0) is 8.27. The Morgan fingerprint density at radius 1 is 1.45 bits per heavy atom. The number of methoxy groups -OCH3 is 1. The van der Waals surface area contributed by atoms with Crippen molar-refractivity contribution in [2.75, 3.05) is 7.11 Å². The van der Waals surface area contributed by atoms with Gasteiger partial charge in [-0.1, -0.05) is 6.07 Å². The molecule has 0 radical (unpaired) electrons. The Labute approximate surface area is 70.4 Å². The van der Waals surface area contributed by atoms with Crippen LogP contribution in [0.3, 0.4) is 0 Å². The van der Waals surface area contributed by atoms with Gasteiger partial charge in [-0.05, 0) is 24.6 Å². The van der Waals surface area contributed by atoms with Crippen molar-refractivity contribution in [2.24, 2.45) is 0 Å². The third-order valence-corrected chi connectivity index (χ3v) is 1.93. The summed E-state index contributed by atoms with van der Waals surface area (Å²) in [6.45, 7) is 1.97. The fraction of sp³-hybridized carbons (Fsp3) is 0.250. The van der Waals surface area contributed by atoms with Gasteiger partial charge in [0, 0.05) is 12.0 Å². The molecule has 0 heterocycles. The van der Waals surface area contributed by atoms with Crippen molar-refractivity contribution in [1.82, 2.24) is 0 Å². The fourth-order valence-electron chi connectivity index (χ4n) is 0.855. The number of aryl methyl sites for hydroxylation is 1. The largest absolute Gasteiger partial charge is 0.496 e. The Kier molecular flexibility index (Phi) is 2.79. The van der Waals surface area contributed by atoms with Gasteiger partial charge in [0.1, 0.15) is 5.75 Å². The molecule has 1 N–H and O–H groups in total. The van der Waals surface area contributed by atoms with E-state index >= 15 is 0 Å². The van der Waals surface area contributed by atoms with Gasteiger partial charge in [0.25, 0.3) is 0 Å². The number of rotatable bonds is 2. The molecular formula is C8H10O2S. The van der Waals surface area contributed by atoms with Crippen molar-refractivity contribution in [3.8, 4) is 5.75 Å². The van der Waals surface area contributed by atoms with Gasteiger partial charge in [-0.2, -0.15) is 0 Å². The minimum Gasteiger partial charge on any atom is -0.496 e. The van der Waals surface area contributed by atoms with Crippen molar-refractivity contribution < 1.29 is 9.29 Å². The molecule has 1 aromatic carbocycles. The van der Waals surface area contributed by atoms with Gasteiger partial charge >= 0.3 is 0 Å². The van der Waals surface area contributed by atoms with Crippen molar-refractivity contribution in [3.05, 3.63) is 23.8 Å². The molecule has 0 aliphatic rings. The van der Waals surface area contributed by atoms with Crippen LogP contribution in [0.4, 0.5) is 0 Å². The number of hydrogen-bond acceptors (Lipinski definition) is 3. The highest BCUT2D eigenvalue weighted by atomic mass is 32.2. The topological polar surface area (TPSA) is 29.5 Å². The lowest BCUT2D eigenvalue weighted by molar-refractivity contribution is 0.403. The maximum Gasteiger partial charge on any atom is 0.134 e. The monoisotopic (exact) mass is 170 g/mol. The van der Waals surface area contributed by atoms with E-state index in [4.69, 9.17) is 9.29 Å². The lowest BCUT2D eigenvalue weighted by Crippen LogP contribution is -1.85. The second-order valence-corrected chi connectivity index (χ2v) is 2.87. The Balaban J connectivity index is 3.06. The molecule has 0 atom stereocenters. The van der Waals surface area contributed by atoms with Crippen LogP contribution in [0.1, 0.15) is 5.56 Å². The standard InChI is InChI=1S/C8H10O2S/c1-6-3-4-7(10-2)8(5-6)11-9/h3-5,9H,1-2H3. The Morgan fingerprint density at radius 3 is 2.73 bits per heavy atom. The summed E-state index contributed by atoms with van der Waals surface area (Å²) in [7, 11) is 1.59. The predicted molar refractivity (Wildman–Crippen MR) is 46.2 cm³/mol. The van der Waals surface area contributed by atoms with Crippen LogP contribution in [0.2, 0.25) is 0 Å². The quantitative estimate of drug-likeness (QED) is 0.692. The van der Waals surface area contributed by atoms with Crippen molar-refractivity contribution in [1.29, 1.82) is 0 Å². The van der Waals surface area contributed by atoms with Crippen LogP contribution in [0.25, 0.3) is 0 Å². The Bertz CT molecular complexity index is 248. The summed E-state index contributed by atoms with van der Waals surface area (Å²) in [6, 6.07) is 5.66. The molecule has 0 aliphatic heterocycles. The molecule has 11 heavy (non-hydrogen) atoms. The molecule has 0 bridgehead atoms. The predicted octanol–water partition coefficient (Wildman–Crippen LogP) is 2.57. The molecule has 0 fully saturated rings. The van der Waals surface area contributed by atoms with Crippen LogP contribution >= 0.6 is 12.0 Å². The lowest BCUT2D eigenvalue weighted by Gasteiger charge is -2.04. The molecular weight excluding hydrogens is 160 g/mol. The molecule has 0 amide bonds. The summed E-state index contributed by atoms with van der Waals surface area (Å²) in [4.78, 5) is 0.757. The third kappa shape index (κ3) is 1.88. The molecule has 0 aromatic heterocycles. The van der Waals surface area contributed by atoms with Crippen molar-refractivity contribution in [2.45, 2.75) is 11.8 Å². The fourth-order valence-corrected chi connectivity index (χ4v) is 1.34. The normalized spacial score (nSPS) is 9.73. The molecule has 60 valence electrons. The van der Waals surface area contributed by atoms with Gasteiger partial charge < -0.3 is 9.29 Å². The number of hydrogen-bond donors (Lipinski definition) is 1. The molecule has 0 saturated carbocycles. The maximum absolute atomic E-state index is 8.81. The van der Waals surface area contributed by atoms with Gasteiger partial charge in [-0.3, -0.25) is 0 Å². The second kappa shape index (κ2) is 3.64. The minimum atomic E-state index is 0.709. The van der Waals surface area contributed by atoms with E-state index in [2.05, 4.69) is 0 Å². The first-order valence-corrected chi connectivity index (χ1v) is 4.01. The summed E-state index contributed by atoms with van der Waals surface area (Å²) in [5.74, 6) is 0.711. The molecule has 2 nitrogen and oxygen atoms in total. The first-order valence-electron chi connectivity index (χ1n) is 3.24. The van der Waals surface area contributed by atoms with E-state index in [1.807, 2.05) is 25.1 Å². The van der Waals surface area contributed by atoms with E-state index in [1.54, 1.807) is 7.11 Å². The van der Waals surface area contributed by atoms with Gasteiger partial charge in [0.05, 0.1) is 12.0 Å². The maximum atomic E-state index is 8.81. The van der Waals surface area contributed by atoms with E-state index in [1.165, 1.54) is 0 Å². The van der Waals surface area contributed by atoms with E-state index < -0.39 is 0 Å². The van der Waals surface area contributed by atoms with Gasteiger partial charge in [0.2, 0.25) is 0 Å². The summed E-state index contributed by atoms with van der Waals surface area (Å²) in [5, 5.41) is 0. The van der Waals surface area contributed by atoms with E-state index in [0.29, 0.717) is 17.8 Å². The first-order chi connectivity index (χ1) is 5.27. The number of ether oxygens (including phenoxy) is 1. The Morgan fingerprint density at radius 2 is 2.18 bits per heavy atom. The molecule has 0 saturated heterocycles. The van der Waals surface area contributed by atoms with Crippen LogP contribution < -0.4 is 4.74 Å². The molecule has 1 aromatic rings. The third-order valence-electron chi connectivity index (χ3n) is 1.42. The van der Waals surface area contributed by atoms with Gasteiger partial charge in [0.15, 0.2) is 0 Å². The zero-order valence-corrected chi connectivity index (χ0v) is 7.31. The van der Waals surface area contributed by atoms with E-state index in [0.717, 1.165) is 10.5 Å². The van der Waals surface area contributed by atoms with Gasteiger partial charge in [-0.25, -0.2) is 0 Å². The van der Waals surface area contributed by atoms with Crippen LogP contribution in [0.15, 0.2) is 23.1 Å². The average molecular weight is 170 g/mol. The van der Waals surface area contributed by atoms with Crippen molar-refractivity contribution in [3.63, 3.8) is 0 Å². The van der Waals surface area contributed by atoms with Crippen LogP contribution in [0, 0.1) is 6.92 Å². The average Bonchev–Trinajstić information content (AvgIpc) is 2.04. The molecule has 0 spiro atoms. The van der Waals surface area contributed by atoms with Crippen LogP contribution in [-0.2, 0) is 0 Å². The number of benzene rings is 1. The molecule has 0 aliphatic carbocycles. The summed E-state index contributed by atoms with van der Waals surface area (Å²) in [6.07, 6.45) is 0. The molecule has 0 unspecified atom stereocenters. The molecule has 1 rings (SSSR count). The SMILES string of the molecule is COc1ccc(C)cc1SO. The van der Waals surface area contributed by atoms with E-state index in [9.17, 15) is 0 Å². The summed E-state index contributed by atoms with van der Waals surface area (Å²) < 4.78 is 13.8. The van der Waals surface area contributed by atoms with Crippen LogP contribution in [0.5, 0.6) is 5.75 Å². The highest BCUT2D eigenvalue weighted by Crippen LogP contribution is 2.27. The van der Waals surface area contributed by atoms with Crippen LogP contribution in [-0.4, -0.2) is 11.7 Å². The highest BCUT2D eigenvalue weighted by molar-refractivity contribution is 7.93. The summed E-state index contributed by atoms with van der Waals surface area (Å²) in [5.41, 5.74) is 1.11. The first kappa shape index (κ1) is 8.43. The van der Waals surface area contributed by atoms with Gasteiger partial charge in [-0.15, -0.1) is 0 Å². The lowest BCUT2D eigenvalue weighted by atomic mass is 10.2. The Hall–Kier alpha value is -0.670. The smallest absolute Gasteiger partial charge is 0.134 e. The molecule has 3 heteroatoms.